The summed E-state index contributed by atoms with van der Waals surface area (Å²) in [6.07, 6.45) is 1.32. The predicted molar refractivity (Wildman–Crippen MR) is 66.6 cm³/mol. The maximum absolute atomic E-state index is 10.6. The van der Waals surface area contributed by atoms with Crippen molar-refractivity contribution in [1.29, 1.82) is 0 Å². The monoisotopic (exact) mass is 294 g/mol. The number of hydrogen-bond donors (Lipinski definition) is 2. The van der Waals surface area contributed by atoms with E-state index in [4.69, 9.17) is 14.6 Å². The lowest BCUT2D eigenvalue weighted by molar-refractivity contribution is -0.192. The van der Waals surface area contributed by atoms with Gasteiger partial charge in [0, 0.05) is 38.7 Å². The molecule has 0 spiro atoms. The Morgan fingerprint density at radius 3 is 2.40 bits per heavy atom. The van der Waals surface area contributed by atoms with Gasteiger partial charge in [0.15, 0.2) is 0 Å². The van der Waals surface area contributed by atoms with Crippen molar-refractivity contribution in [3.05, 3.63) is 18.5 Å². The van der Waals surface area contributed by atoms with Crippen LogP contribution in [0, 0.1) is 0 Å². The number of ether oxygens (including phenoxy) is 1. The maximum atomic E-state index is 10.6. The quantitative estimate of drug-likeness (QED) is 0.878. The molecule has 1 aromatic rings. The van der Waals surface area contributed by atoms with Gasteiger partial charge in [-0.3, -0.25) is 0 Å². The summed E-state index contributed by atoms with van der Waals surface area (Å²) in [5, 5.41) is 10.6. The van der Waals surface area contributed by atoms with Crippen LogP contribution in [0.2, 0.25) is 0 Å². The first-order valence-electron chi connectivity index (χ1n) is 6.05. The van der Waals surface area contributed by atoms with Crippen LogP contribution in [0.15, 0.2) is 18.5 Å². The maximum Gasteiger partial charge on any atom is 0.490 e. The minimum Gasteiger partial charge on any atom is -0.475 e. The molecule has 114 valence electrons. The van der Waals surface area contributed by atoms with Gasteiger partial charge in [0.2, 0.25) is 0 Å². The fraction of sp³-hybridized carbons (Fsp3) is 0.583. The Kier molecular flexibility index (Phi) is 5.87. The Morgan fingerprint density at radius 2 is 2.00 bits per heavy atom. The number of aryl methyl sites for hydroxylation is 1. The summed E-state index contributed by atoms with van der Waals surface area (Å²) in [6.45, 7) is 1.79. The largest absolute Gasteiger partial charge is 0.490 e. The molecule has 0 unspecified atom stereocenters. The summed E-state index contributed by atoms with van der Waals surface area (Å²) in [4.78, 5) is 8.90. The van der Waals surface area contributed by atoms with Crippen molar-refractivity contribution < 1.29 is 27.8 Å². The normalized spacial score (nSPS) is 16.2. The lowest BCUT2D eigenvalue weighted by Gasteiger charge is -2.23. The highest BCUT2D eigenvalue weighted by molar-refractivity contribution is 5.73. The van der Waals surface area contributed by atoms with Crippen LogP contribution >= 0.6 is 0 Å². The average Bonchev–Trinajstić information content (AvgIpc) is 2.75. The molecule has 0 aromatic carbocycles. The number of nitrogens with one attached hydrogen (secondary N) is 1. The van der Waals surface area contributed by atoms with Crippen molar-refractivity contribution in [2.75, 3.05) is 18.5 Å². The SMILES string of the molecule is Cn1ccc(NC2CCOCC2)c1.O=C(O)C(F)(F)F. The van der Waals surface area contributed by atoms with Crippen LogP contribution in [-0.2, 0) is 16.6 Å². The van der Waals surface area contributed by atoms with Gasteiger partial charge in [-0.2, -0.15) is 13.2 Å². The summed E-state index contributed by atoms with van der Waals surface area (Å²) in [5.74, 6) is -2.76. The van der Waals surface area contributed by atoms with Gasteiger partial charge in [-0.15, -0.1) is 0 Å². The fourth-order valence-corrected chi connectivity index (χ4v) is 1.67. The zero-order valence-electron chi connectivity index (χ0n) is 11.0. The smallest absolute Gasteiger partial charge is 0.475 e. The van der Waals surface area contributed by atoms with Crippen LogP contribution in [0.25, 0.3) is 0 Å². The Hall–Kier alpha value is -1.70. The topological polar surface area (TPSA) is 63.5 Å². The van der Waals surface area contributed by atoms with Crippen molar-refractivity contribution in [3.63, 3.8) is 0 Å². The molecule has 8 heteroatoms. The number of nitrogens with zero attached hydrogens (tertiary/aromatic N) is 1. The highest BCUT2D eigenvalue weighted by atomic mass is 19.4. The van der Waals surface area contributed by atoms with Crippen LogP contribution in [0.3, 0.4) is 0 Å². The number of anilines is 1. The molecule has 1 aromatic heterocycles. The van der Waals surface area contributed by atoms with E-state index in [1.807, 2.05) is 7.05 Å². The second-order valence-corrected chi connectivity index (χ2v) is 4.40. The van der Waals surface area contributed by atoms with E-state index < -0.39 is 12.1 Å². The second-order valence-electron chi connectivity index (χ2n) is 4.40. The number of aromatic nitrogens is 1. The van der Waals surface area contributed by atoms with Crippen LogP contribution < -0.4 is 5.32 Å². The van der Waals surface area contributed by atoms with Gasteiger partial charge in [0.05, 0.1) is 5.69 Å². The van der Waals surface area contributed by atoms with Gasteiger partial charge in [-0.25, -0.2) is 4.79 Å². The highest BCUT2D eigenvalue weighted by Crippen LogP contribution is 2.14. The first-order valence-corrected chi connectivity index (χ1v) is 6.05. The number of hydrogen-bond acceptors (Lipinski definition) is 3. The number of carboxylic acid groups (broad SMARTS) is 1. The van der Waals surface area contributed by atoms with Gasteiger partial charge in [0.1, 0.15) is 0 Å². The Balaban J connectivity index is 0.000000246. The first-order chi connectivity index (χ1) is 9.29. The van der Waals surface area contributed by atoms with Crippen molar-refractivity contribution in [2.45, 2.75) is 25.1 Å². The van der Waals surface area contributed by atoms with Crippen molar-refractivity contribution in [2.24, 2.45) is 7.05 Å². The molecule has 0 bridgehead atoms. The van der Waals surface area contributed by atoms with Crippen molar-refractivity contribution in [3.8, 4) is 0 Å². The molecule has 1 fully saturated rings. The zero-order chi connectivity index (χ0) is 15.2. The molecular weight excluding hydrogens is 277 g/mol. The standard InChI is InChI=1S/C10H16N2O.C2HF3O2/c1-12-5-2-10(8-12)11-9-3-6-13-7-4-9;3-2(4,5)1(6)7/h2,5,8-9,11H,3-4,6-7H2,1H3;(H,6,7). The zero-order valence-corrected chi connectivity index (χ0v) is 11.0. The summed E-state index contributed by atoms with van der Waals surface area (Å²) in [6, 6.07) is 2.70. The van der Waals surface area contributed by atoms with Crippen molar-refractivity contribution >= 4 is 11.7 Å². The van der Waals surface area contributed by atoms with E-state index in [0.717, 1.165) is 26.1 Å². The van der Waals surface area contributed by atoms with E-state index in [1.165, 1.54) is 5.69 Å². The number of aliphatic carboxylic acids is 1. The summed E-state index contributed by atoms with van der Waals surface area (Å²) >= 11 is 0. The number of rotatable bonds is 2. The minimum absolute atomic E-state index is 0.594. The average molecular weight is 294 g/mol. The van der Waals surface area contributed by atoms with E-state index in [-0.39, 0.29) is 0 Å². The molecular formula is C12H17F3N2O3. The molecule has 0 atom stereocenters. The summed E-state index contributed by atoms with van der Waals surface area (Å²) < 4.78 is 39.1. The number of alkyl halides is 3. The van der Waals surface area contributed by atoms with Crippen molar-refractivity contribution in [1.82, 2.24) is 4.57 Å². The number of carboxylic acids is 1. The number of halogens is 3. The second kappa shape index (κ2) is 7.18. The third kappa shape index (κ3) is 5.96. The Bertz CT molecular complexity index is 426. The first kappa shape index (κ1) is 16.4. The van der Waals surface area contributed by atoms with E-state index in [2.05, 4.69) is 28.3 Å². The third-order valence-corrected chi connectivity index (χ3v) is 2.67. The van der Waals surface area contributed by atoms with Gasteiger partial charge in [-0.05, 0) is 18.9 Å². The Labute approximate surface area is 114 Å². The van der Waals surface area contributed by atoms with Crippen LogP contribution in [0.5, 0.6) is 0 Å². The molecule has 1 aliphatic rings. The molecule has 0 radical (unpaired) electrons. The molecule has 1 saturated heterocycles. The molecule has 20 heavy (non-hydrogen) atoms. The molecule has 0 amide bonds. The van der Waals surface area contributed by atoms with Crippen LogP contribution in [-0.4, -0.2) is 41.1 Å². The fourth-order valence-electron chi connectivity index (χ4n) is 1.67. The van der Waals surface area contributed by atoms with Crippen LogP contribution in [0.1, 0.15) is 12.8 Å². The molecule has 0 aliphatic carbocycles. The molecule has 5 nitrogen and oxygen atoms in total. The summed E-state index contributed by atoms with van der Waals surface area (Å²) in [5.41, 5.74) is 1.22. The van der Waals surface area contributed by atoms with E-state index in [9.17, 15) is 13.2 Å². The highest BCUT2D eigenvalue weighted by Gasteiger charge is 2.38. The minimum atomic E-state index is -5.08. The van der Waals surface area contributed by atoms with Gasteiger partial charge in [0.25, 0.3) is 0 Å². The third-order valence-electron chi connectivity index (χ3n) is 2.67. The molecule has 2 rings (SSSR count). The number of carbonyl (C=O) groups is 1. The van der Waals surface area contributed by atoms with E-state index in [1.54, 1.807) is 0 Å². The molecule has 2 heterocycles. The van der Waals surface area contributed by atoms with Gasteiger partial charge >= 0.3 is 12.1 Å². The predicted octanol–water partition coefficient (Wildman–Crippen LogP) is 2.25. The van der Waals surface area contributed by atoms with Gasteiger partial charge in [-0.1, -0.05) is 0 Å². The van der Waals surface area contributed by atoms with Gasteiger partial charge < -0.3 is 19.7 Å². The lowest BCUT2D eigenvalue weighted by atomic mass is 10.1. The Morgan fingerprint density at radius 1 is 1.45 bits per heavy atom. The molecule has 1 aliphatic heterocycles. The summed E-state index contributed by atoms with van der Waals surface area (Å²) in [7, 11) is 2.04. The van der Waals surface area contributed by atoms with E-state index >= 15 is 0 Å². The lowest BCUT2D eigenvalue weighted by Crippen LogP contribution is -2.27. The van der Waals surface area contributed by atoms with E-state index in [0.29, 0.717) is 6.04 Å². The molecule has 0 saturated carbocycles. The molecule has 2 N–H and O–H groups in total. The van der Waals surface area contributed by atoms with Crippen LogP contribution in [0.4, 0.5) is 18.9 Å².